The van der Waals surface area contributed by atoms with E-state index in [4.69, 9.17) is 19.7 Å². The lowest BCUT2D eigenvalue weighted by molar-refractivity contribution is -0.148. The molecule has 0 amide bonds. The summed E-state index contributed by atoms with van der Waals surface area (Å²) in [6.45, 7) is 0.224. The number of aliphatic carboxylic acids is 2. The molecule has 3 aromatic rings. The molecule has 0 radical (unpaired) electrons. The molecule has 3 aromatic carbocycles. The highest BCUT2D eigenvalue weighted by molar-refractivity contribution is 6.37. The SMILES string of the molecule is O=C(O)C(=O)CC(=O)c1cccc(OCc2ccccc2COc2cccc(C(=O)CC(=O)C(=O)O)c2)c1. The van der Waals surface area contributed by atoms with Crippen LogP contribution in [0.4, 0.5) is 0 Å². The summed E-state index contributed by atoms with van der Waals surface area (Å²) in [5.74, 6) is -6.31. The minimum Gasteiger partial charge on any atom is -0.489 e. The predicted octanol–water partition coefficient (Wildman–Crippen LogP) is 3.30. The lowest BCUT2D eigenvalue weighted by Crippen LogP contribution is -2.17. The zero-order chi connectivity index (χ0) is 27.7. The molecule has 0 spiro atoms. The van der Waals surface area contributed by atoms with E-state index in [1.54, 1.807) is 36.4 Å². The molecular formula is C28H22O10. The van der Waals surface area contributed by atoms with Gasteiger partial charge in [-0.2, -0.15) is 0 Å². The predicted molar refractivity (Wildman–Crippen MR) is 131 cm³/mol. The summed E-state index contributed by atoms with van der Waals surface area (Å²) in [6.07, 6.45) is -1.50. The fraction of sp³-hybridized carbons (Fsp3) is 0.143. The van der Waals surface area contributed by atoms with E-state index >= 15 is 0 Å². The normalized spacial score (nSPS) is 10.3. The van der Waals surface area contributed by atoms with Crippen molar-refractivity contribution >= 4 is 35.1 Å². The van der Waals surface area contributed by atoms with Crippen LogP contribution in [0.15, 0.2) is 72.8 Å². The second-order valence-corrected chi connectivity index (χ2v) is 8.06. The van der Waals surface area contributed by atoms with Gasteiger partial charge in [0.2, 0.25) is 11.6 Å². The van der Waals surface area contributed by atoms with E-state index in [9.17, 15) is 28.8 Å². The van der Waals surface area contributed by atoms with Crippen LogP contribution in [0.1, 0.15) is 44.7 Å². The zero-order valence-corrected chi connectivity index (χ0v) is 19.9. The first kappa shape index (κ1) is 27.5. The van der Waals surface area contributed by atoms with Gasteiger partial charge in [-0.3, -0.25) is 19.2 Å². The van der Waals surface area contributed by atoms with Crippen LogP contribution in [0, 0.1) is 0 Å². The van der Waals surface area contributed by atoms with Gasteiger partial charge in [-0.05, 0) is 35.4 Å². The van der Waals surface area contributed by atoms with Crippen LogP contribution >= 0.6 is 0 Å². The first-order chi connectivity index (χ1) is 18.1. The molecule has 0 aromatic heterocycles. The average Bonchev–Trinajstić information content (AvgIpc) is 2.91. The zero-order valence-electron chi connectivity index (χ0n) is 19.9. The van der Waals surface area contributed by atoms with Crippen molar-refractivity contribution in [3.63, 3.8) is 0 Å². The second-order valence-electron chi connectivity index (χ2n) is 8.06. The molecule has 10 nitrogen and oxygen atoms in total. The van der Waals surface area contributed by atoms with E-state index in [-0.39, 0.29) is 24.3 Å². The van der Waals surface area contributed by atoms with Crippen molar-refractivity contribution in [3.05, 3.63) is 95.1 Å². The smallest absolute Gasteiger partial charge is 0.372 e. The number of Topliss-reactive ketones (excluding diaryl/α,β-unsaturated/α-hetero) is 4. The van der Waals surface area contributed by atoms with Crippen LogP contribution in [-0.4, -0.2) is 45.3 Å². The van der Waals surface area contributed by atoms with Crippen LogP contribution in [0.2, 0.25) is 0 Å². The van der Waals surface area contributed by atoms with Gasteiger partial charge in [-0.25, -0.2) is 9.59 Å². The molecule has 38 heavy (non-hydrogen) atoms. The van der Waals surface area contributed by atoms with E-state index in [0.717, 1.165) is 11.1 Å². The lowest BCUT2D eigenvalue weighted by Gasteiger charge is -2.13. The second kappa shape index (κ2) is 12.7. The molecule has 0 saturated heterocycles. The lowest BCUT2D eigenvalue weighted by atomic mass is 10.1. The Morgan fingerprint density at radius 1 is 0.553 bits per heavy atom. The summed E-state index contributed by atoms with van der Waals surface area (Å²) in [6, 6.07) is 19.4. The molecule has 10 heteroatoms. The van der Waals surface area contributed by atoms with Crippen LogP contribution < -0.4 is 9.47 Å². The summed E-state index contributed by atoms with van der Waals surface area (Å²) in [7, 11) is 0. The summed E-state index contributed by atoms with van der Waals surface area (Å²) in [4.78, 5) is 68.4. The molecule has 2 N–H and O–H groups in total. The number of hydrogen-bond acceptors (Lipinski definition) is 8. The minimum absolute atomic E-state index is 0.112. The quantitative estimate of drug-likeness (QED) is 0.184. The van der Waals surface area contributed by atoms with Crippen molar-refractivity contribution in [1.82, 2.24) is 0 Å². The Hall–Kier alpha value is -5.12. The van der Waals surface area contributed by atoms with Crippen molar-refractivity contribution in [2.24, 2.45) is 0 Å². The minimum atomic E-state index is -1.67. The standard InChI is InChI=1S/C28H22O10/c29-23(13-25(31)27(33)34)17-7-3-9-21(11-17)37-15-19-5-1-2-6-20(19)16-38-22-10-4-8-18(12-22)24(30)14-26(32)28(35)36/h1-12H,13-16H2,(H,33,34)(H,35,36). The fourth-order valence-corrected chi connectivity index (χ4v) is 3.33. The van der Waals surface area contributed by atoms with E-state index in [0.29, 0.717) is 11.5 Å². The van der Waals surface area contributed by atoms with Gasteiger partial charge in [-0.1, -0.05) is 48.5 Å². The molecule has 0 saturated carbocycles. The number of ether oxygens (including phenoxy) is 2. The van der Waals surface area contributed by atoms with Gasteiger partial charge in [0, 0.05) is 11.1 Å². The summed E-state index contributed by atoms with van der Waals surface area (Å²) in [5.41, 5.74) is 1.83. The van der Waals surface area contributed by atoms with Crippen LogP contribution in [0.5, 0.6) is 11.5 Å². The number of carboxylic acids is 2. The van der Waals surface area contributed by atoms with Gasteiger partial charge in [-0.15, -0.1) is 0 Å². The van der Waals surface area contributed by atoms with Gasteiger partial charge in [0.05, 0.1) is 12.8 Å². The molecule has 0 atom stereocenters. The molecule has 0 aliphatic carbocycles. The Morgan fingerprint density at radius 2 is 0.947 bits per heavy atom. The monoisotopic (exact) mass is 518 g/mol. The van der Waals surface area contributed by atoms with Crippen LogP contribution in [-0.2, 0) is 32.4 Å². The Balaban J connectivity index is 1.64. The average molecular weight is 518 g/mol. The van der Waals surface area contributed by atoms with E-state index in [1.165, 1.54) is 24.3 Å². The maximum atomic E-state index is 12.2. The largest absolute Gasteiger partial charge is 0.489 e. The van der Waals surface area contributed by atoms with E-state index < -0.39 is 47.9 Å². The Bertz CT molecular complexity index is 1300. The number of benzene rings is 3. The molecule has 194 valence electrons. The molecule has 0 aliphatic rings. The number of carboxylic acid groups (broad SMARTS) is 2. The molecule has 3 rings (SSSR count). The van der Waals surface area contributed by atoms with Gasteiger partial charge in [0.1, 0.15) is 24.7 Å². The number of carbonyl (C=O) groups is 6. The third-order valence-electron chi connectivity index (χ3n) is 5.34. The molecule has 0 unspecified atom stereocenters. The highest BCUT2D eigenvalue weighted by Gasteiger charge is 2.19. The topological polar surface area (TPSA) is 161 Å². The van der Waals surface area contributed by atoms with E-state index in [1.807, 2.05) is 12.1 Å². The summed E-state index contributed by atoms with van der Waals surface area (Å²) in [5, 5.41) is 17.4. The van der Waals surface area contributed by atoms with Gasteiger partial charge >= 0.3 is 11.9 Å². The molecule has 0 bridgehead atoms. The Kier molecular flexibility index (Phi) is 9.20. The van der Waals surface area contributed by atoms with Gasteiger partial charge in [0.15, 0.2) is 11.6 Å². The maximum absolute atomic E-state index is 12.2. The number of hydrogen-bond donors (Lipinski definition) is 2. The van der Waals surface area contributed by atoms with Crippen molar-refractivity contribution < 1.29 is 48.5 Å². The maximum Gasteiger partial charge on any atom is 0.372 e. The van der Waals surface area contributed by atoms with Crippen molar-refractivity contribution in [1.29, 1.82) is 0 Å². The highest BCUT2D eigenvalue weighted by atomic mass is 16.5. The fourth-order valence-electron chi connectivity index (χ4n) is 3.33. The molecular weight excluding hydrogens is 496 g/mol. The highest BCUT2D eigenvalue weighted by Crippen LogP contribution is 2.21. The van der Waals surface area contributed by atoms with E-state index in [2.05, 4.69) is 0 Å². The Morgan fingerprint density at radius 3 is 1.32 bits per heavy atom. The van der Waals surface area contributed by atoms with Gasteiger partial charge in [0.25, 0.3) is 0 Å². The number of ketones is 4. The van der Waals surface area contributed by atoms with Gasteiger partial charge < -0.3 is 19.7 Å². The number of rotatable bonds is 14. The Labute approximate surface area is 216 Å². The van der Waals surface area contributed by atoms with Crippen molar-refractivity contribution in [2.45, 2.75) is 26.1 Å². The summed E-state index contributed by atoms with van der Waals surface area (Å²) < 4.78 is 11.6. The van der Waals surface area contributed by atoms with Crippen molar-refractivity contribution in [2.75, 3.05) is 0 Å². The third-order valence-corrected chi connectivity index (χ3v) is 5.34. The number of carbonyl (C=O) groups excluding carboxylic acids is 4. The third kappa shape index (κ3) is 7.69. The van der Waals surface area contributed by atoms with Crippen LogP contribution in [0.3, 0.4) is 0 Å². The molecule has 0 fully saturated rings. The summed E-state index contributed by atoms with van der Waals surface area (Å²) >= 11 is 0. The molecule has 0 aliphatic heterocycles. The van der Waals surface area contributed by atoms with Crippen LogP contribution in [0.25, 0.3) is 0 Å². The molecule has 0 heterocycles. The first-order valence-electron chi connectivity index (χ1n) is 11.2. The first-order valence-corrected chi connectivity index (χ1v) is 11.2. The van der Waals surface area contributed by atoms with Crippen molar-refractivity contribution in [3.8, 4) is 11.5 Å².